The summed E-state index contributed by atoms with van der Waals surface area (Å²) in [5.74, 6) is 0.564. The highest BCUT2D eigenvalue weighted by molar-refractivity contribution is 4.76. The van der Waals surface area contributed by atoms with Crippen LogP contribution in [0.15, 0.2) is 0 Å². The molecule has 0 aliphatic carbocycles. The van der Waals surface area contributed by atoms with Gasteiger partial charge in [-0.1, -0.05) is 0 Å². The maximum absolute atomic E-state index is 11.9. The van der Waals surface area contributed by atoms with Crippen LogP contribution in [0, 0.1) is 5.92 Å². The summed E-state index contributed by atoms with van der Waals surface area (Å²) in [5.41, 5.74) is 0. The number of likely N-dealkylation sites (tertiary alicyclic amines) is 1. The van der Waals surface area contributed by atoms with Crippen LogP contribution in [0.25, 0.3) is 0 Å². The summed E-state index contributed by atoms with van der Waals surface area (Å²) >= 11 is 0. The van der Waals surface area contributed by atoms with Gasteiger partial charge in [0.25, 0.3) is 6.43 Å². The van der Waals surface area contributed by atoms with Crippen LogP contribution in [-0.4, -0.2) is 44.6 Å². The molecule has 1 aliphatic rings. The fraction of sp³-hybridized carbons (Fsp3) is 1.00. The third-order valence-electron chi connectivity index (χ3n) is 2.26. The van der Waals surface area contributed by atoms with E-state index in [4.69, 9.17) is 0 Å². The molecule has 1 N–H and O–H groups in total. The van der Waals surface area contributed by atoms with Crippen molar-refractivity contribution in [1.82, 2.24) is 10.2 Å². The van der Waals surface area contributed by atoms with Crippen molar-refractivity contribution in [3.05, 3.63) is 0 Å². The summed E-state index contributed by atoms with van der Waals surface area (Å²) in [6.45, 7) is 2.54. The van der Waals surface area contributed by atoms with E-state index in [2.05, 4.69) is 5.32 Å². The second kappa shape index (κ2) is 4.72. The Labute approximate surface area is 71.9 Å². The van der Waals surface area contributed by atoms with E-state index in [0.29, 0.717) is 5.92 Å². The first-order valence-electron chi connectivity index (χ1n) is 4.37. The van der Waals surface area contributed by atoms with Crippen LogP contribution in [0.2, 0.25) is 0 Å². The first-order chi connectivity index (χ1) is 5.72. The zero-order chi connectivity index (χ0) is 8.97. The van der Waals surface area contributed by atoms with Gasteiger partial charge in [-0.05, 0) is 32.5 Å². The van der Waals surface area contributed by atoms with Gasteiger partial charge in [-0.25, -0.2) is 8.78 Å². The Morgan fingerprint density at radius 1 is 1.58 bits per heavy atom. The van der Waals surface area contributed by atoms with Gasteiger partial charge >= 0.3 is 0 Å². The summed E-state index contributed by atoms with van der Waals surface area (Å²) in [4.78, 5) is 1.84. The van der Waals surface area contributed by atoms with Gasteiger partial charge in [0.1, 0.15) is 0 Å². The number of hydrogen-bond donors (Lipinski definition) is 1. The highest BCUT2D eigenvalue weighted by atomic mass is 19.3. The minimum atomic E-state index is -2.18. The molecule has 1 rings (SSSR count). The molecule has 1 unspecified atom stereocenters. The Morgan fingerprint density at radius 2 is 2.33 bits per heavy atom. The Kier molecular flexibility index (Phi) is 3.88. The quantitative estimate of drug-likeness (QED) is 0.684. The van der Waals surface area contributed by atoms with E-state index in [1.807, 2.05) is 11.9 Å². The molecule has 0 spiro atoms. The lowest BCUT2D eigenvalue weighted by Crippen LogP contribution is -2.28. The van der Waals surface area contributed by atoms with Gasteiger partial charge in [0.15, 0.2) is 0 Å². The van der Waals surface area contributed by atoms with Gasteiger partial charge in [-0.15, -0.1) is 0 Å². The Balaban J connectivity index is 2.16. The summed E-state index contributed by atoms with van der Waals surface area (Å²) in [6.07, 6.45) is -1.13. The number of hydrogen-bond acceptors (Lipinski definition) is 2. The van der Waals surface area contributed by atoms with Crippen molar-refractivity contribution in [3.8, 4) is 0 Å². The zero-order valence-electron chi connectivity index (χ0n) is 7.39. The lowest BCUT2D eigenvalue weighted by molar-refractivity contribution is 0.0979. The van der Waals surface area contributed by atoms with Crippen LogP contribution in [0.5, 0.6) is 0 Å². The van der Waals surface area contributed by atoms with Crippen molar-refractivity contribution in [2.75, 3.05) is 33.2 Å². The van der Waals surface area contributed by atoms with Crippen LogP contribution < -0.4 is 5.32 Å². The van der Waals surface area contributed by atoms with E-state index in [-0.39, 0.29) is 6.54 Å². The maximum atomic E-state index is 11.9. The first kappa shape index (κ1) is 9.86. The van der Waals surface area contributed by atoms with Crippen LogP contribution >= 0.6 is 0 Å². The van der Waals surface area contributed by atoms with Gasteiger partial charge in [-0.2, -0.15) is 0 Å². The number of nitrogens with one attached hydrogen (secondary N) is 1. The van der Waals surface area contributed by atoms with Crippen molar-refractivity contribution >= 4 is 0 Å². The molecule has 0 aromatic rings. The van der Waals surface area contributed by atoms with Crippen molar-refractivity contribution in [2.24, 2.45) is 5.92 Å². The molecule has 0 aromatic carbocycles. The second-order valence-corrected chi connectivity index (χ2v) is 3.36. The molecule has 0 amide bonds. The van der Waals surface area contributed by atoms with Gasteiger partial charge in [0, 0.05) is 6.54 Å². The normalized spacial score (nSPS) is 25.5. The Hall–Kier alpha value is -0.220. The topological polar surface area (TPSA) is 15.3 Å². The molecule has 0 saturated carbocycles. The number of nitrogens with zero attached hydrogens (tertiary/aromatic N) is 1. The number of alkyl halides is 2. The largest absolute Gasteiger partial charge is 0.319 e. The van der Waals surface area contributed by atoms with Crippen LogP contribution in [0.1, 0.15) is 6.42 Å². The summed E-state index contributed by atoms with van der Waals surface area (Å²) in [7, 11) is 1.90. The summed E-state index contributed by atoms with van der Waals surface area (Å²) in [5, 5.41) is 3.07. The van der Waals surface area contributed by atoms with E-state index >= 15 is 0 Å². The van der Waals surface area contributed by atoms with E-state index in [0.717, 1.165) is 26.1 Å². The van der Waals surface area contributed by atoms with Crippen molar-refractivity contribution in [1.29, 1.82) is 0 Å². The third-order valence-corrected chi connectivity index (χ3v) is 2.26. The van der Waals surface area contributed by atoms with E-state index in [9.17, 15) is 8.78 Å². The molecule has 0 radical (unpaired) electrons. The minimum Gasteiger partial charge on any atom is -0.319 e. The molecule has 0 aromatic heterocycles. The predicted molar refractivity (Wildman–Crippen MR) is 44.5 cm³/mol. The van der Waals surface area contributed by atoms with Gasteiger partial charge in [0.2, 0.25) is 0 Å². The maximum Gasteiger partial charge on any atom is 0.251 e. The molecule has 1 aliphatic heterocycles. The monoisotopic (exact) mass is 178 g/mol. The Bertz CT molecular complexity index is 130. The molecule has 12 heavy (non-hydrogen) atoms. The van der Waals surface area contributed by atoms with Crippen molar-refractivity contribution in [2.45, 2.75) is 12.8 Å². The molecule has 1 atom stereocenters. The van der Waals surface area contributed by atoms with Gasteiger partial charge in [0.05, 0.1) is 6.54 Å². The van der Waals surface area contributed by atoms with E-state index in [1.165, 1.54) is 0 Å². The fourth-order valence-electron chi connectivity index (χ4n) is 1.73. The van der Waals surface area contributed by atoms with Crippen LogP contribution in [0.4, 0.5) is 8.78 Å². The molecular weight excluding hydrogens is 162 g/mol. The van der Waals surface area contributed by atoms with Crippen molar-refractivity contribution < 1.29 is 8.78 Å². The van der Waals surface area contributed by atoms with Crippen molar-refractivity contribution in [3.63, 3.8) is 0 Å². The number of rotatable bonds is 4. The second-order valence-electron chi connectivity index (χ2n) is 3.36. The molecule has 72 valence electrons. The van der Waals surface area contributed by atoms with E-state index < -0.39 is 6.43 Å². The summed E-state index contributed by atoms with van der Waals surface area (Å²) in [6, 6.07) is 0. The first-order valence-corrected chi connectivity index (χ1v) is 4.37. The third kappa shape index (κ3) is 3.03. The predicted octanol–water partition coefficient (Wildman–Crippen LogP) is 0.793. The van der Waals surface area contributed by atoms with Crippen LogP contribution in [-0.2, 0) is 0 Å². The lowest BCUT2D eigenvalue weighted by atomic mass is 10.1. The van der Waals surface area contributed by atoms with Crippen LogP contribution in [0.3, 0.4) is 0 Å². The minimum absolute atomic E-state index is 0.0553. The molecule has 2 nitrogen and oxygen atoms in total. The van der Waals surface area contributed by atoms with Gasteiger partial charge < -0.3 is 5.32 Å². The SMILES string of the molecule is CNCC1CCN(CC(F)F)C1. The molecule has 4 heteroatoms. The standard InChI is InChI=1S/C8H16F2N2/c1-11-4-7-2-3-12(5-7)6-8(9)10/h7-8,11H,2-6H2,1H3. The van der Waals surface area contributed by atoms with E-state index in [1.54, 1.807) is 0 Å². The lowest BCUT2D eigenvalue weighted by Gasteiger charge is -2.14. The molecule has 0 bridgehead atoms. The number of halogens is 2. The molecule has 1 saturated heterocycles. The highest BCUT2D eigenvalue weighted by Gasteiger charge is 2.23. The zero-order valence-corrected chi connectivity index (χ0v) is 7.39. The molecule has 1 fully saturated rings. The van der Waals surface area contributed by atoms with Gasteiger partial charge in [-0.3, -0.25) is 4.90 Å². The smallest absolute Gasteiger partial charge is 0.251 e. The summed E-state index contributed by atoms with van der Waals surface area (Å²) < 4.78 is 23.9. The highest BCUT2D eigenvalue weighted by Crippen LogP contribution is 2.15. The fourth-order valence-corrected chi connectivity index (χ4v) is 1.73. The Morgan fingerprint density at radius 3 is 2.92 bits per heavy atom. The average Bonchev–Trinajstić information content (AvgIpc) is 2.36. The molecule has 1 heterocycles. The molecular formula is C8H16F2N2. The average molecular weight is 178 g/mol.